The molecule has 0 aromatic heterocycles. The van der Waals surface area contributed by atoms with Gasteiger partial charge in [0.15, 0.2) is 0 Å². The molecule has 3 aromatic rings. The van der Waals surface area contributed by atoms with Crippen molar-refractivity contribution < 1.29 is 5.11 Å². The monoisotopic (exact) mass is 290 g/mol. The molecule has 3 heteroatoms. The maximum Gasteiger partial charge on any atom is 0.115 e. The number of hydrogen-bond acceptors (Lipinski definition) is 3. The van der Waals surface area contributed by atoms with Crippen molar-refractivity contribution in [3.63, 3.8) is 0 Å². The first kappa shape index (κ1) is 14.2. The van der Waals surface area contributed by atoms with Crippen LogP contribution in [0.15, 0.2) is 78.9 Å². The molecule has 3 rings (SSSR count). The molecule has 0 heterocycles. The second-order valence-electron chi connectivity index (χ2n) is 5.09. The summed E-state index contributed by atoms with van der Waals surface area (Å²) in [4.78, 5) is 0. The quantitative estimate of drug-likeness (QED) is 0.618. The summed E-state index contributed by atoms with van der Waals surface area (Å²) < 4.78 is 0. The molecule has 0 aliphatic heterocycles. The van der Waals surface area contributed by atoms with Crippen LogP contribution in [0.3, 0.4) is 0 Å². The van der Waals surface area contributed by atoms with E-state index in [0.717, 1.165) is 23.4 Å². The third kappa shape index (κ3) is 3.65. The number of hydrazine groups is 1. The minimum Gasteiger partial charge on any atom is -0.508 e. The van der Waals surface area contributed by atoms with E-state index < -0.39 is 0 Å². The average molecular weight is 290 g/mol. The van der Waals surface area contributed by atoms with Gasteiger partial charge in [-0.15, -0.1) is 0 Å². The molecule has 0 amide bonds. The van der Waals surface area contributed by atoms with Gasteiger partial charge >= 0.3 is 0 Å². The summed E-state index contributed by atoms with van der Waals surface area (Å²) >= 11 is 0. The van der Waals surface area contributed by atoms with Crippen LogP contribution in [-0.2, 0) is 6.54 Å². The average Bonchev–Trinajstić information content (AvgIpc) is 2.57. The molecule has 0 fully saturated rings. The molecule has 110 valence electrons. The Bertz CT molecular complexity index is 724. The van der Waals surface area contributed by atoms with Crippen molar-refractivity contribution in [3.8, 4) is 16.9 Å². The van der Waals surface area contributed by atoms with Crippen molar-refractivity contribution in [1.82, 2.24) is 5.43 Å². The lowest BCUT2D eigenvalue weighted by molar-refractivity contribution is 0.475. The molecule has 0 unspecified atom stereocenters. The standard InChI is InChI=1S/C19H18N2O/c22-19-11-9-16(10-12-19)17-6-4-5-15(13-17)14-20-21-18-7-2-1-3-8-18/h1-13,20-22H,14H2. The number of phenolic OH excluding ortho intramolecular Hbond substituents is 1. The van der Waals surface area contributed by atoms with Gasteiger partial charge in [0.1, 0.15) is 5.75 Å². The second kappa shape index (κ2) is 6.78. The lowest BCUT2D eigenvalue weighted by atomic mass is 10.0. The molecule has 0 spiro atoms. The summed E-state index contributed by atoms with van der Waals surface area (Å²) in [5.41, 5.74) is 10.9. The van der Waals surface area contributed by atoms with E-state index in [0.29, 0.717) is 0 Å². The predicted octanol–water partition coefficient (Wildman–Crippen LogP) is 4.18. The van der Waals surface area contributed by atoms with Crippen molar-refractivity contribution in [3.05, 3.63) is 84.4 Å². The van der Waals surface area contributed by atoms with Crippen LogP contribution in [0.2, 0.25) is 0 Å². The van der Waals surface area contributed by atoms with E-state index in [9.17, 15) is 5.11 Å². The lowest BCUT2D eigenvalue weighted by Crippen LogP contribution is -2.20. The fourth-order valence-electron chi connectivity index (χ4n) is 2.28. The van der Waals surface area contributed by atoms with E-state index in [2.05, 4.69) is 29.1 Å². The van der Waals surface area contributed by atoms with E-state index in [1.807, 2.05) is 48.5 Å². The Hall–Kier alpha value is -2.78. The molecule has 0 aliphatic rings. The minimum absolute atomic E-state index is 0.286. The van der Waals surface area contributed by atoms with Crippen LogP contribution in [0.25, 0.3) is 11.1 Å². The second-order valence-corrected chi connectivity index (χ2v) is 5.09. The van der Waals surface area contributed by atoms with Gasteiger partial charge in [-0.25, -0.2) is 5.43 Å². The molecule has 22 heavy (non-hydrogen) atoms. The number of nitrogens with one attached hydrogen (secondary N) is 2. The molecule has 0 atom stereocenters. The van der Waals surface area contributed by atoms with Crippen LogP contribution in [0.4, 0.5) is 5.69 Å². The molecular weight excluding hydrogens is 272 g/mol. The van der Waals surface area contributed by atoms with Crippen LogP contribution in [-0.4, -0.2) is 5.11 Å². The Morgan fingerprint density at radius 3 is 2.27 bits per heavy atom. The van der Waals surface area contributed by atoms with Gasteiger partial charge in [0.25, 0.3) is 0 Å². The molecule has 0 radical (unpaired) electrons. The number of aromatic hydroxyl groups is 1. The maximum absolute atomic E-state index is 9.36. The van der Waals surface area contributed by atoms with Crippen molar-refractivity contribution in [2.75, 3.05) is 5.43 Å². The van der Waals surface area contributed by atoms with Gasteiger partial charge in [-0.05, 0) is 47.0 Å². The molecule has 0 bridgehead atoms. The van der Waals surface area contributed by atoms with Crippen molar-refractivity contribution in [2.45, 2.75) is 6.54 Å². The Balaban J connectivity index is 1.65. The third-order valence-electron chi connectivity index (χ3n) is 3.43. The van der Waals surface area contributed by atoms with E-state index >= 15 is 0 Å². The summed E-state index contributed by atoms with van der Waals surface area (Å²) in [6.07, 6.45) is 0. The van der Waals surface area contributed by atoms with Gasteiger partial charge in [-0.2, -0.15) is 0 Å². The zero-order chi connectivity index (χ0) is 15.2. The highest BCUT2D eigenvalue weighted by Crippen LogP contribution is 2.22. The lowest BCUT2D eigenvalue weighted by Gasteiger charge is -2.09. The van der Waals surface area contributed by atoms with E-state index in [1.54, 1.807) is 12.1 Å². The topological polar surface area (TPSA) is 44.3 Å². The van der Waals surface area contributed by atoms with Crippen molar-refractivity contribution >= 4 is 5.69 Å². The van der Waals surface area contributed by atoms with Gasteiger partial charge in [0.05, 0.1) is 0 Å². The molecule has 3 aromatic carbocycles. The number of anilines is 1. The fourth-order valence-corrected chi connectivity index (χ4v) is 2.28. The smallest absolute Gasteiger partial charge is 0.115 e. The van der Waals surface area contributed by atoms with Crippen LogP contribution < -0.4 is 10.9 Å². The Labute approximate surface area is 130 Å². The van der Waals surface area contributed by atoms with Gasteiger partial charge in [-0.3, -0.25) is 0 Å². The minimum atomic E-state index is 0.286. The highest BCUT2D eigenvalue weighted by atomic mass is 16.3. The summed E-state index contributed by atoms with van der Waals surface area (Å²) in [6.45, 7) is 0.723. The fraction of sp³-hybridized carbons (Fsp3) is 0.0526. The summed E-state index contributed by atoms with van der Waals surface area (Å²) in [7, 11) is 0. The van der Waals surface area contributed by atoms with Gasteiger partial charge in [-0.1, -0.05) is 48.5 Å². The van der Waals surface area contributed by atoms with Crippen LogP contribution in [0.5, 0.6) is 5.75 Å². The molecule has 0 saturated carbocycles. The third-order valence-corrected chi connectivity index (χ3v) is 3.43. The normalized spacial score (nSPS) is 10.4. The highest BCUT2D eigenvalue weighted by molar-refractivity contribution is 5.64. The largest absolute Gasteiger partial charge is 0.508 e. The van der Waals surface area contributed by atoms with E-state index in [4.69, 9.17) is 0 Å². The Kier molecular flexibility index (Phi) is 4.37. The number of phenols is 1. The van der Waals surface area contributed by atoms with Crippen LogP contribution >= 0.6 is 0 Å². The van der Waals surface area contributed by atoms with E-state index in [-0.39, 0.29) is 5.75 Å². The molecule has 0 aliphatic carbocycles. The van der Waals surface area contributed by atoms with Crippen LogP contribution in [0, 0.1) is 0 Å². The highest BCUT2D eigenvalue weighted by Gasteiger charge is 2.00. The first-order valence-corrected chi connectivity index (χ1v) is 7.23. The first-order chi connectivity index (χ1) is 10.8. The Morgan fingerprint density at radius 1 is 0.727 bits per heavy atom. The van der Waals surface area contributed by atoms with Crippen LogP contribution in [0.1, 0.15) is 5.56 Å². The zero-order valence-electron chi connectivity index (χ0n) is 12.2. The SMILES string of the molecule is Oc1ccc(-c2cccc(CNNc3ccccc3)c2)cc1. The predicted molar refractivity (Wildman–Crippen MR) is 90.4 cm³/mol. The number of benzene rings is 3. The van der Waals surface area contributed by atoms with Gasteiger partial charge in [0, 0.05) is 12.2 Å². The zero-order valence-corrected chi connectivity index (χ0v) is 12.2. The number of rotatable bonds is 5. The van der Waals surface area contributed by atoms with Crippen molar-refractivity contribution in [1.29, 1.82) is 0 Å². The van der Waals surface area contributed by atoms with Gasteiger partial charge < -0.3 is 10.5 Å². The summed E-state index contributed by atoms with van der Waals surface area (Å²) in [5, 5.41) is 9.36. The van der Waals surface area contributed by atoms with Crippen molar-refractivity contribution in [2.24, 2.45) is 0 Å². The first-order valence-electron chi connectivity index (χ1n) is 7.23. The number of para-hydroxylation sites is 1. The molecule has 0 saturated heterocycles. The summed E-state index contributed by atoms with van der Waals surface area (Å²) in [6, 6.07) is 25.6. The van der Waals surface area contributed by atoms with E-state index in [1.165, 1.54) is 5.56 Å². The van der Waals surface area contributed by atoms with Gasteiger partial charge in [0.2, 0.25) is 0 Å². The number of hydrogen-bond donors (Lipinski definition) is 3. The Morgan fingerprint density at radius 2 is 1.50 bits per heavy atom. The molecular formula is C19H18N2O. The summed E-state index contributed by atoms with van der Waals surface area (Å²) in [5.74, 6) is 0.286. The molecule has 3 nitrogen and oxygen atoms in total. The molecule has 3 N–H and O–H groups in total. The maximum atomic E-state index is 9.36.